The van der Waals surface area contributed by atoms with Crippen molar-refractivity contribution in [2.24, 2.45) is 0 Å². The van der Waals surface area contributed by atoms with Crippen LogP contribution in [0.25, 0.3) is 0 Å². The first kappa shape index (κ1) is 16.8. The van der Waals surface area contributed by atoms with Gasteiger partial charge in [-0.2, -0.15) is 0 Å². The second-order valence-corrected chi connectivity index (χ2v) is 6.10. The first-order valence-electron chi connectivity index (χ1n) is 6.94. The molecule has 4 heteroatoms. The summed E-state index contributed by atoms with van der Waals surface area (Å²) < 4.78 is 6.62. The molecule has 0 fully saturated rings. The molecule has 19 heavy (non-hydrogen) atoms. The van der Waals surface area contributed by atoms with Gasteiger partial charge in [-0.3, -0.25) is 0 Å². The molecule has 0 bridgehead atoms. The predicted octanol–water partition coefficient (Wildman–Crippen LogP) is 5.04. The summed E-state index contributed by atoms with van der Waals surface area (Å²) in [5.74, 6) is 0.741. The molecule has 1 atom stereocenters. The number of hydrogen-bond donors (Lipinski definition) is 1. The normalized spacial score (nSPS) is 12.4. The Morgan fingerprint density at radius 2 is 2.16 bits per heavy atom. The quantitative estimate of drug-likeness (QED) is 0.631. The zero-order valence-electron chi connectivity index (χ0n) is 11.7. The van der Waals surface area contributed by atoms with Crippen LogP contribution in [0.5, 0.6) is 5.75 Å². The van der Waals surface area contributed by atoms with Crippen molar-refractivity contribution >= 4 is 27.5 Å². The lowest BCUT2D eigenvalue weighted by molar-refractivity contribution is 0.304. The van der Waals surface area contributed by atoms with Crippen molar-refractivity contribution in [3.05, 3.63) is 27.7 Å². The monoisotopic (exact) mass is 347 g/mol. The predicted molar refractivity (Wildman–Crippen MR) is 86.3 cm³/mol. The van der Waals surface area contributed by atoms with Crippen LogP contribution in [0.1, 0.15) is 39.5 Å². The van der Waals surface area contributed by atoms with E-state index in [1.807, 2.05) is 18.2 Å². The fourth-order valence-electron chi connectivity index (χ4n) is 1.86. The van der Waals surface area contributed by atoms with Gasteiger partial charge in [0.1, 0.15) is 12.4 Å². The highest BCUT2D eigenvalue weighted by atomic mass is 79.9. The molecule has 1 rings (SSSR count). The molecule has 0 saturated heterocycles. The Kier molecular flexibility index (Phi) is 8.51. The van der Waals surface area contributed by atoms with E-state index in [-0.39, 0.29) is 0 Å². The molecular formula is C15H23BrClNO. The highest BCUT2D eigenvalue weighted by molar-refractivity contribution is 9.10. The van der Waals surface area contributed by atoms with Crippen LogP contribution in [0.15, 0.2) is 22.7 Å². The van der Waals surface area contributed by atoms with E-state index in [9.17, 15) is 0 Å². The first-order chi connectivity index (χ1) is 9.13. The van der Waals surface area contributed by atoms with Crippen LogP contribution in [0.4, 0.5) is 0 Å². The van der Waals surface area contributed by atoms with Gasteiger partial charge in [-0.1, -0.05) is 53.7 Å². The molecule has 1 unspecified atom stereocenters. The largest absolute Gasteiger partial charge is 0.491 e. The van der Waals surface area contributed by atoms with Gasteiger partial charge in [0.05, 0.1) is 5.02 Å². The molecular weight excluding hydrogens is 326 g/mol. The SMILES string of the molecule is CCCCCC(C)NCCOc1ccc(Br)cc1Cl. The number of ether oxygens (including phenoxy) is 1. The first-order valence-corrected chi connectivity index (χ1v) is 8.11. The van der Waals surface area contributed by atoms with Crippen LogP contribution in [-0.4, -0.2) is 19.2 Å². The third-order valence-corrected chi connectivity index (χ3v) is 3.78. The molecule has 0 amide bonds. The smallest absolute Gasteiger partial charge is 0.138 e. The zero-order valence-corrected chi connectivity index (χ0v) is 14.1. The van der Waals surface area contributed by atoms with Crippen molar-refractivity contribution in [2.75, 3.05) is 13.2 Å². The second-order valence-electron chi connectivity index (χ2n) is 4.77. The molecule has 0 aliphatic rings. The second kappa shape index (κ2) is 9.62. The fourth-order valence-corrected chi connectivity index (χ4v) is 2.59. The van der Waals surface area contributed by atoms with Gasteiger partial charge in [0.25, 0.3) is 0 Å². The van der Waals surface area contributed by atoms with Gasteiger partial charge >= 0.3 is 0 Å². The summed E-state index contributed by atoms with van der Waals surface area (Å²) in [5.41, 5.74) is 0. The van der Waals surface area contributed by atoms with Gasteiger partial charge in [0.15, 0.2) is 0 Å². The van der Waals surface area contributed by atoms with Gasteiger partial charge in [-0.25, -0.2) is 0 Å². The third kappa shape index (κ3) is 7.19. The molecule has 0 spiro atoms. The van der Waals surface area contributed by atoms with Crippen LogP contribution in [-0.2, 0) is 0 Å². The molecule has 1 N–H and O–H groups in total. The molecule has 108 valence electrons. The number of hydrogen-bond acceptors (Lipinski definition) is 2. The molecule has 1 aromatic carbocycles. The summed E-state index contributed by atoms with van der Waals surface area (Å²) >= 11 is 9.45. The maximum atomic E-state index is 6.08. The van der Waals surface area contributed by atoms with E-state index < -0.39 is 0 Å². The maximum Gasteiger partial charge on any atom is 0.138 e. The van der Waals surface area contributed by atoms with Crippen LogP contribution in [0, 0.1) is 0 Å². The highest BCUT2D eigenvalue weighted by Crippen LogP contribution is 2.27. The lowest BCUT2D eigenvalue weighted by Gasteiger charge is -2.14. The number of unbranched alkanes of at least 4 members (excludes halogenated alkanes) is 2. The van der Waals surface area contributed by atoms with Gasteiger partial charge in [-0.05, 0) is 31.5 Å². The Morgan fingerprint density at radius 3 is 2.84 bits per heavy atom. The minimum absolute atomic E-state index is 0.551. The van der Waals surface area contributed by atoms with Crippen molar-refractivity contribution in [3.8, 4) is 5.75 Å². The summed E-state index contributed by atoms with van der Waals surface area (Å²) in [4.78, 5) is 0. The minimum Gasteiger partial charge on any atom is -0.491 e. The summed E-state index contributed by atoms with van der Waals surface area (Å²) in [6, 6.07) is 6.21. The van der Waals surface area contributed by atoms with Gasteiger partial charge in [0.2, 0.25) is 0 Å². The Labute approximate surface area is 130 Å². The Morgan fingerprint density at radius 1 is 1.37 bits per heavy atom. The zero-order chi connectivity index (χ0) is 14.1. The van der Waals surface area contributed by atoms with E-state index in [0.717, 1.165) is 16.8 Å². The minimum atomic E-state index is 0.551. The van der Waals surface area contributed by atoms with Crippen molar-refractivity contribution in [3.63, 3.8) is 0 Å². The summed E-state index contributed by atoms with van der Waals surface area (Å²) in [7, 11) is 0. The van der Waals surface area contributed by atoms with E-state index in [4.69, 9.17) is 16.3 Å². The van der Waals surface area contributed by atoms with Crippen molar-refractivity contribution in [2.45, 2.75) is 45.6 Å². The standard InChI is InChI=1S/C15H23BrClNO/c1-3-4-5-6-12(2)18-9-10-19-15-8-7-13(16)11-14(15)17/h7-8,11-12,18H,3-6,9-10H2,1-2H3. The number of halogens is 2. The van der Waals surface area contributed by atoms with Gasteiger partial charge < -0.3 is 10.1 Å². The molecule has 0 radical (unpaired) electrons. The molecule has 0 aliphatic carbocycles. The maximum absolute atomic E-state index is 6.08. The Bertz CT molecular complexity index is 373. The van der Waals surface area contributed by atoms with Crippen molar-refractivity contribution < 1.29 is 4.74 Å². The third-order valence-electron chi connectivity index (χ3n) is 2.99. The van der Waals surface area contributed by atoms with Crippen LogP contribution < -0.4 is 10.1 Å². The number of nitrogens with one attached hydrogen (secondary N) is 1. The Balaban J connectivity index is 2.16. The molecule has 1 aromatic rings. The number of rotatable bonds is 9. The summed E-state index contributed by atoms with van der Waals surface area (Å²) in [5, 5.41) is 4.11. The lowest BCUT2D eigenvalue weighted by atomic mass is 10.1. The highest BCUT2D eigenvalue weighted by Gasteiger charge is 2.03. The van der Waals surface area contributed by atoms with Gasteiger partial charge in [-0.15, -0.1) is 0 Å². The topological polar surface area (TPSA) is 21.3 Å². The summed E-state index contributed by atoms with van der Waals surface area (Å²) in [6.45, 7) is 5.94. The molecule has 0 aliphatic heterocycles. The van der Waals surface area contributed by atoms with E-state index >= 15 is 0 Å². The molecule has 0 aromatic heterocycles. The number of benzene rings is 1. The van der Waals surface area contributed by atoms with Crippen LogP contribution >= 0.6 is 27.5 Å². The van der Waals surface area contributed by atoms with Crippen LogP contribution in [0.2, 0.25) is 5.02 Å². The Hall–Kier alpha value is -0.250. The molecule has 2 nitrogen and oxygen atoms in total. The van der Waals surface area contributed by atoms with E-state index in [0.29, 0.717) is 17.7 Å². The molecule has 0 heterocycles. The van der Waals surface area contributed by atoms with Gasteiger partial charge in [0, 0.05) is 17.1 Å². The van der Waals surface area contributed by atoms with Crippen molar-refractivity contribution in [1.29, 1.82) is 0 Å². The average molecular weight is 349 g/mol. The fraction of sp³-hybridized carbons (Fsp3) is 0.600. The van der Waals surface area contributed by atoms with E-state index in [1.165, 1.54) is 25.7 Å². The molecule has 0 saturated carbocycles. The van der Waals surface area contributed by atoms with E-state index in [1.54, 1.807) is 0 Å². The van der Waals surface area contributed by atoms with Crippen LogP contribution in [0.3, 0.4) is 0 Å². The average Bonchev–Trinajstić information content (AvgIpc) is 2.37. The van der Waals surface area contributed by atoms with E-state index in [2.05, 4.69) is 35.1 Å². The van der Waals surface area contributed by atoms with Crippen molar-refractivity contribution in [1.82, 2.24) is 5.32 Å². The summed E-state index contributed by atoms with van der Waals surface area (Å²) in [6.07, 6.45) is 5.12. The lowest BCUT2D eigenvalue weighted by Crippen LogP contribution is -2.30.